The monoisotopic (exact) mass is 412 g/mol. The van der Waals surface area contributed by atoms with Gasteiger partial charge in [0.05, 0.1) is 11.4 Å². The summed E-state index contributed by atoms with van der Waals surface area (Å²) in [5.41, 5.74) is 9.89. The first-order valence-corrected chi connectivity index (χ1v) is 10.4. The number of hydrogen-bond acceptors (Lipinski definition) is 3. The van der Waals surface area contributed by atoms with Gasteiger partial charge in [-0.05, 0) is 41.5 Å². The molecule has 4 rings (SSSR count). The summed E-state index contributed by atoms with van der Waals surface area (Å²) in [6, 6.07) is 23.1. The predicted octanol–water partition coefficient (Wildman–Crippen LogP) is 5.27. The molecule has 0 bridgehead atoms. The Balaban J connectivity index is 1.66. The zero-order valence-corrected chi connectivity index (χ0v) is 18.4. The summed E-state index contributed by atoms with van der Waals surface area (Å²) < 4.78 is 1.77. The largest absolute Gasteiger partial charge is 0.316 e. The summed E-state index contributed by atoms with van der Waals surface area (Å²) in [5.74, 6) is 0.332. The average molecular weight is 413 g/mol. The second-order valence-corrected chi connectivity index (χ2v) is 8.99. The molecular weight excluding hydrogens is 384 g/mol. The van der Waals surface area contributed by atoms with E-state index < -0.39 is 6.04 Å². The van der Waals surface area contributed by atoms with Gasteiger partial charge in [-0.15, -0.1) is 0 Å². The van der Waals surface area contributed by atoms with Crippen LogP contribution in [0.15, 0.2) is 72.8 Å². The highest BCUT2D eigenvalue weighted by Crippen LogP contribution is 2.27. The Morgan fingerprint density at radius 1 is 0.968 bits per heavy atom. The van der Waals surface area contributed by atoms with Crippen molar-refractivity contribution in [2.24, 2.45) is 5.73 Å². The molecule has 3 aromatic carbocycles. The first-order valence-electron chi connectivity index (χ1n) is 10.4. The van der Waals surface area contributed by atoms with E-state index in [2.05, 4.69) is 26.1 Å². The SMILES string of the molecule is Cc1ccc(-n2nc(C(C)(C)C)cc2NC(=O)C(N)c2ccc3ccccc3c2)cc1. The summed E-state index contributed by atoms with van der Waals surface area (Å²) in [5, 5.41) is 9.94. The molecule has 1 aromatic heterocycles. The number of aryl methyl sites for hydroxylation is 1. The fraction of sp³-hybridized carbons (Fsp3) is 0.231. The van der Waals surface area contributed by atoms with Crippen molar-refractivity contribution in [1.82, 2.24) is 9.78 Å². The third kappa shape index (κ3) is 4.37. The molecule has 5 heteroatoms. The zero-order chi connectivity index (χ0) is 22.2. The Labute approximate surface area is 182 Å². The third-order valence-electron chi connectivity index (χ3n) is 5.42. The van der Waals surface area contributed by atoms with Gasteiger partial charge in [0.2, 0.25) is 5.91 Å². The zero-order valence-electron chi connectivity index (χ0n) is 18.4. The van der Waals surface area contributed by atoms with Crippen molar-refractivity contribution in [3.8, 4) is 5.69 Å². The van der Waals surface area contributed by atoms with Crippen LogP contribution >= 0.6 is 0 Å². The first-order chi connectivity index (χ1) is 14.7. The second-order valence-electron chi connectivity index (χ2n) is 8.99. The number of amides is 1. The van der Waals surface area contributed by atoms with E-state index >= 15 is 0 Å². The van der Waals surface area contributed by atoms with Crippen molar-refractivity contribution < 1.29 is 4.79 Å². The van der Waals surface area contributed by atoms with E-state index in [1.54, 1.807) is 4.68 Å². The number of nitrogens with two attached hydrogens (primary N) is 1. The minimum absolute atomic E-state index is 0.157. The highest BCUT2D eigenvalue weighted by molar-refractivity contribution is 5.96. The van der Waals surface area contributed by atoms with Gasteiger partial charge in [0.15, 0.2) is 0 Å². The number of carbonyl (C=O) groups is 1. The molecule has 0 spiro atoms. The van der Waals surface area contributed by atoms with E-state index in [-0.39, 0.29) is 11.3 Å². The van der Waals surface area contributed by atoms with Crippen LogP contribution in [0.25, 0.3) is 16.5 Å². The number of rotatable bonds is 4. The molecule has 0 aliphatic heterocycles. The maximum Gasteiger partial charge on any atom is 0.247 e. The van der Waals surface area contributed by atoms with E-state index in [1.165, 1.54) is 0 Å². The van der Waals surface area contributed by atoms with Gasteiger partial charge in [-0.3, -0.25) is 4.79 Å². The molecule has 158 valence electrons. The van der Waals surface area contributed by atoms with Crippen LogP contribution in [0, 0.1) is 6.92 Å². The van der Waals surface area contributed by atoms with Crippen molar-refractivity contribution in [2.75, 3.05) is 5.32 Å². The number of benzene rings is 3. The van der Waals surface area contributed by atoms with Crippen molar-refractivity contribution in [3.63, 3.8) is 0 Å². The normalized spacial score (nSPS) is 12.7. The van der Waals surface area contributed by atoms with Gasteiger partial charge < -0.3 is 11.1 Å². The second kappa shape index (κ2) is 8.00. The molecule has 0 fully saturated rings. The minimum Gasteiger partial charge on any atom is -0.316 e. The Kier molecular flexibility index (Phi) is 5.38. The molecule has 0 saturated carbocycles. The van der Waals surface area contributed by atoms with E-state index in [4.69, 9.17) is 10.8 Å². The van der Waals surface area contributed by atoms with Gasteiger partial charge in [0, 0.05) is 11.5 Å². The quantitative estimate of drug-likeness (QED) is 0.480. The maximum atomic E-state index is 13.1. The number of nitrogens with one attached hydrogen (secondary N) is 1. The van der Waals surface area contributed by atoms with E-state index in [0.717, 1.165) is 33.3 Å². The maximum absolute atomic E-state index is 13.1. The van der Waals surface area contributed by atoms with Crippen molar-refractivity contribution >= 4 is 22.5 Å². The first kappa shape index (κ1) is 20.8. The third-order valence-corrected chi connectivity index (χ3v) is 5.42. The molecule has 1 unspecified atom stereocenters. The summed E-state index contributed by atoms with van der Waals surface area (Å²) >= 11 is 0. The van der Waals surface area contributed by atoms with E-state index in [1.807, 2.05) is 79.7 Å². The van der Waals surface area contributed by atoms with Crippen LogP contribution in [0.3, 0.4) is 0 Å². The fourth-order valence-electron chi connectivity index (χ4n) is 3.48. The van der Waals surface area contributed by atoms with Crippen LogP contribution in [-0.2, 0) is 10.2 Å². The summed E-state index contributed by atoms with van der Waals surface area (Å²) in [6.07, 6.45) is 0. The Hall–Kier alpha value is -3.44. The summed E-state index contributed by atoms with van der Waals surface area (Å²) in [6.45, 7) is 8.34. The lowest BCUT2D eigenvalue weighted by Gasteiger charge is -2.14. The predicted molar refractivity (Wildman–Crippen MR) is 127 cm³/mol. The van der Waals surface area contributed by atoms with Gasteiger partial charge in [-0.25, -0.2) is 4.68 Å². The topological polar surface area (TPSA) is 72.9 Å². The van der Waals surface area contributed by atoms with Crippen molar-refractivity contribution in [3.05, 3.63) is 89.6 Å². The molecule has 0 aliphatic rings. The molecular formula is C26H28N4O. The van der Waals surface area contributed by atoms with Crippen molar-refractivity contribution in [2.45, 2.75) is 39.2 Å². The van der Waals surface area contributed by atoms with Gasteiger partial charge in [-0.2, -0.15) is 5.10 Å². The number of aromatic nitrogens is 2. The molecule has 1 heterocycles. The van der Waals surface area contributed by atoms with Crippen LogP contribution in [0.4, 0.5) is 5.82 Å². The van der Waals surface area contributed by atoms with Crippen LogP contribution in [-0.4, -0.2) is 15.7 Å². The number of hydrogen-bond donors (Lipinski definition) is 2. The Bertz CT molecular complexity index is 1230. The van der Waals surface area contributed by atoms with Crippen molar-refractivity contribution in [1.29, 1.82) is 0 Å². The fourth-order valence-corrected chi connectivity index (χ4v) is 3.48. The molecule has 3 N–H and O–H groups in total. The molecule has 0 radical (unpaired) electrons. The molecule has 4 aromatic rings. The van der Waals surface area contributed by atoms with Crippen LogP contribution in [0.5, 0.6) is 0 Å². The molecule has 31 heavy (non-hydrogen) atoms. The summed E-state index contributed by atoms with van der Waals surface area (Å²) in [7, 11) is 0. The van der Waals surface area contributed by atoms with E-state index in [0.29, 0.717) is 5.82 Å². The highest BCUT2D eigenvalue weighted by atomic mass is 16.2. The Morgan fingerprint density at radius 2 is 1.65 bits per heavy atom. The number of carbonyl (C=O) groups excluding carboxylic acids is 1. The number of nitrogens with zero attached hydrogens (tertiary/aromatic N) is 2. The summed E-state index contributed by atoms with van der Waals surface area (Å²) in [4.78, 5) is 13.1. The van der Waals surface area contributed by atoms with Crippen LogP contribution in [0.2, 0.25) is 0 Å². The molecule has 1 amide bonds. The van der Waals surface area contributed by atoms with Crippen LogP contribution in [0.1, 0.15) is 43.6 Å². The smallest absolute Gasteiger partial charge is 0.247 e. The van der Waals surface area contributed by atoms with Gasteiger partial charge in [0.25, 0.3) is 0 Å². The van der Waals surface area contributed by atoms with Gasteiger partial charge in [-0.1, -0.05) is 74.9 Å². The standard InChI is InChI=1S/C26H28N4O/c1-17-9-13-21(14-10-17)30-23(16-22(29-30)26(2,3)4)28-25(31)24(27)20-12-11-18-7-5-6-8-19(18)15-20/h5-16,24H,27H2,1-4H3,(H,28,31). The Morgan fingerprint density at radius 3 is 2.32 bits per heavy atom. The number of fused-ring (bicyclic) bond motifs is 1. The lowest BCUT2D eigenvalue weighted by atomic mass is 9.92. The number of anilines is 1. The molecule has 1 atom stereocenters. The highest BCUT2D eigenvalue weighted by Gasteiger charge is 2.23. The molecule has 0 aliphatic carbocycles. The minimum atomic E-state index is -0.788. The van der Waals surface area contributed by atoms with Crippen LogP contribution < -0.4 is 11.1 Å². The van der Waals surface area contributed by atoms with Gasteiger partial charge >= 0.3 is 0 Å². The van der Waals surface area contributed by atoms with E-state index in [9.17, 15) is 4.79 Å². The lowest BCUT2D eigenvalue weighted by Crippen LogP contribution is -2.28. The molecule has 0 saturated heterocycles. The molecule has 5 nitrogen and oxygen atoms in total. The van der Waals surface area contributed by atoms with Gasteiger partial charge in [0.1, 0.15) is 11.9 Å². The average Bonchev–Trinajstić information content (AvgIpc) is 3.17. The lowest BCUT2D eigenvalue weighted by molar-refractivity contribution is -0.117.